The molecular weight excluding hydrogens is 258 g/mol. The lowest BCUT2D eigenvalue weighted by molar-refractivity contribution is -0.384. The van der Waals surface area contributed by atoms with E-state index in [1.807, 2.05) is 26.0 Å². The molecule has 0 radical (unpaired) electrons. The first kappa shape index (κ1) is 14.5. The Morgan fingerprint density at radius 2 is 2.00 bits per heavy atom. The maximum Gasteiger partial charge on any atom is 0.308 e. The Labute approximate surface area is 118 Å². The smallest absolute Gasteiger partial charge is 0.308 e. The van der Waals surface area contributed by atoms with E-state index in [2.05, 4.69) is 0 Å². The van der Waals surface area contributed by atoms with Crippen LogP contribution < -0.4 is 0 Å². The molecule has 1 atom stereocenters. The van der Waals surface area contributed by atoms with Crippen LogP contribution >= 0.6 is 0 Å². The second-order valence-corrected chi connectivity index (χ2v) is 5.32. The normalized spacial score (nSPS) is 22.7. The lowest BCUT2D eigenvalue weighted by Gasteiger charge is -2.38. The van der Waals surface area contributed by atoms with Gasteiger partial charge in [0.1, 0.15) is 0 Å². The SMILES string of the molecule is CCOC(=O)C(C)C1CC(c2ccc([N+](=O)[O-])cc2)C1. The second-order valence-electron chi connectivity index (χ2n) is 5.32. The van der Waals surface area contributed by atoms with Gasteiger partial charge in [-0.3, -0.25) is 14.9 Å². The minimum atomic E-state index is -0.393. The predicted molar refractivity (Wildman–Crippen MR) is 74.4 cm³/mol. The van der Waals surface area contributed by atoms with Crippen LogP contribution in [0.25, 0.3) is 0 Å². The maximum absolute atomic E-state index is 11.6. The Morgan fingerprint density at radius 3 is 2.50 bits per heavy atom. The van der Waals surface area contributed by atoms with E-state index in [1.165, 1.54) is 12.1 Å². The van der Waals surface area contributed by atoms with Gasteiger partial charge in [-0.25, -0.2) is 0 Å². The van der Waals surface area contributed by atoms with E-state index in [0.717, 1.165) is 18.4 Å². The van der Waals surface area contributed by atoms with Crippen LogP contribution in [0.4, 0.5) is 5.69 Å². The fourth-order valence-corrected chi connectivity index (χ4v) is 2.68. The number of non-ortho nitro benzene ring substituents is 1. The minimum Gasteiger partial charge on any atom is -0.466 e. The van der Waals surface area contributed by atoms with Gasteiger partial charge in [0.15, 0.2) is 0 Å². The molecule has 1 aromatic carbocycles. The number of rotatable bonds is 5. The molecule has 0 heterocycles. The molecule has 0 aliphatic heterocycles. The van der Waals surface area contributed by atoms with Gasteiger partial charge in [0.05, 0.1) is 17.4 Å². The first-order valence-corrected chi connectivity index (χ1v) is 6.94. The van der Waals surface area contributed by atoms with Crippen LogP contribution in [0.2, 0.25) is 0 Å². The fraction of sp³-hybridized carbons (Fsp3) is 0.533. The summed E-state index contributed by atoms with van der Waals surface area (Å²) >= 11 is 0. The van der Waals surface area contributed by atoms with E-state index in [0.29, 0.717) is 18.4 Å². The minimum absolute atomic E-state index is 0.0655. The van der Waals surface area contributed by atoms with Gasteiger partial charge >= 0.3 is 5.97 Å². The third-order valence-corrected chi connectivity index (χ3v) is 4.12. The highest BCUT2D eigenvalue weighted by Crippen LogP contribution is 2.45. The number of nitrogens with zero attached hydrogens (tertiary/aromatic N) is 1. The van der Waals surface area contributed by atoms with E-state index in [9.17, 15) is 14.9 Å². The molecule has 108 valence electrons. The van der Waals surface area contributed by atoms with Crippen LogP contribution in [0.1, 0.15) is 38.2 Å². The molecule has 1 aliphatic rings. The topological polar surface area (TPSA) is 69.4 Å². The molecule has 1 unspecified atom stereocenters. The van der Waals surface area contributed by atoms with Crippen molar-refractivity contribution < 1.29 is 14.5 Å². The predicted octanol–water partition coefficient (Wildman–Crippen LogP) is 3.29. The van der Waals surface area contributed by atoms with E-state index >= 15 is 0 Å². The molecular formula is C15H19NO4. The molecule has 1 aliphatic carbocycles. The van der Waals surface area contributed by atoms with Crippen LogP contribution in [0, 0.1) is 22.0 Å². The van der Waals surface area contributed by atoms with Crippen LogP contribution in [-0.4, -0.2) is 17.5 Å². The number of carbonyl (C=O) groups excluding carboxylic acids is 1. The number of carbonyl (C=O) groups is 1. The molecule has 1 aromatic rings. The van der Waals surface area contributed by atoms with Crippen molar-refractivity contribution in [3.05, 3.63) is 39.9 Å². The first-order valence-electron chi connectivity index (χ1n) is 6.94. The van der Waals surface area contributed by atoms with E-state index < -0.39 is 4.92 Å². The second kappa shape index (κ2) is 6.03. The van der Waals surface area contributed by atoms with Gasteiger partial charge in [-0.05, 0) is 37.2 Å². The van der Waals surface area contributed by atoms with E-state index in [1.54, 1.807) is 0 Å². The summed E-state index contributed by atoms with van der Waals surface area (Å²) in [6, 6.07) is 6.71. The molecule has 0 spiro atoms. The number of ether oxygens (including phenoxy) is 1. The average molecular weight is 277 g/mol. The Kier molecular flexibility index (Phi) is 4.37. The number of hydrogen-bond acceptors (Lipinski definition) is 4. The largest absolute Gasteiger partial charge is 0.466 e. The Bertz CT molecular complexity index is 491. The standard InChI is InChI=1S/C15H19NO4/c1-3-20-15(17)10(2)12-8-13(9-12)11-4-6-14(7-5-11)16(18)19/h4-7,10,12-13H,3,8-9H2,1-2H3. The number of esters is 1. The Hall–Kier alpha value is -1.91. The summed E-state index contributed by atoms with van der Waals surface area (Å²) < 4.78 is 5.03. The summed E-state index contributed by atoms with van der Waals surface area (Å²) in [5.74, 6) is 0.566. The van der Waals surface area contributed by atoms with E-state index in [-0.39, 0.29) is 17.6 Å². The molecule has 1 fully saturated rings. The number of nitro groups is 1. The van der Waals surface area contributed by atoms with Crippen molar-refractivity contribution in [1.82, 2.24) is 0 Å². The summed E-state index contributed by atoms with van der Waals surface area (Å²) in [7, 11) is 0. The highest BCUT2D eigenvalue weighted by Gasteiger charge is 2.37. The Balaban J connectivity index is 1.89. The molecule has 0 bridgehead atoms. The first-order chi connectivity index (χ1) is 9.52. The van der Waals surface area contributed by atoms with E-state index in [4.69, 9.17) is 4.74 Å². The zero-order valence-electron chi connectivity index (χ0n) is 11.7. The van der Waals surface area contributed by atoms with Crippen molar-refractivity contribution in [2.75, 3.05) is 6.61 Å². The summed E-state index contributed by atoms with van der Waals surface area (Å²) in [6.45, 7) is 4.14. The molecule has 0 N–H and O–H groups in total. The van der Waals surface area contributed by atoms with Crippen molar-refractivity contribution in [2.24, 2.45) is 11.8 Å². The average Bonchev–Trinajstić information content (AvgIpc) is 2.37. The highest BCUT2D eigenvalue weighted by atomic mass is 16.6. The third kappa shape index (κ3) is 2.98. The summed E-state index contributed by atoms with van der Waals surface area (Å²) in [6.07, 6.45) is 1.88. The molecule has 0 amide bonds. The van der Waals surface area contributed by atoms with Crippen molar-refractivity contribution in [2.45, 2.75) is 32.6 Å². The van der Waals surface area contributed by atoms with Crippen LogP contribution in [0.5, 0.6) is 0 Å². The van der Waals surface area contributed by atoms with Gasteiger partial charge in [0, 0.05) is 12.1 Å². The Morgan fingerprint density at radius 1 is 1.40 bits per heavy atom. The number of nitro benzene ring substituents is 1. The van der Waals surface area contributed by atoms with Crippen LogP contribution in [0.3, 0.4) is 0 Å². The summed E-state index contributed by atoms with van der Waals surface area (Å²) in [5, 5.41) is 10.6. The van der Waals surface area contributed by atoms with Crippen molar-refractivity contribution in [3.63, 3.8) is 0 Å². The summed E-state index contributed by atoms with van der Waals surface area (Å²) in [5.41, 5.74) is 1.23. The lowest BCUT2D eigenvalue weighted by atomic mass is 9.66. The highest BCUT2D eigenvalue weighted by molar-refractivity contribution is 5.72. The number of hydrogen-bond donors (Lipinski definition) is 0. The van der Waals surface area contributed by atoms with Gasteiger partial charge in [0.2, 0.25) is 0 Å². The van der Waals surface area contributed by atoms with Crippen molar-refractivity contribution in [3.8, 4) is 0 Å². The lowest BCUT2D eigenvalue weighted by Crippen LogP contribution is -2.32. The third-order valence-electron chi connectivity index (χ3n) is 4.12. The van der Waals surface area contributed by atoms with Gasteiger partial charge in [-0.1, -0.05) is 19.1 Å². The monoisotopic (exact) mass is 277 g/mol. The molecule has 5 nitrogen and oxygen atoms in total. The van der Waals surface area contributed by atoms with Crippen LogP contribution in [-0.2, 0) is 9.53 Å². The molecule has 5 heteroatoms. The molecule has 2 rings (SSSR count). The van der Waals surface area contributed by atoms with Gasteiger partial charge in [-0.15, -0.1) is 0 Å². The molecule has 20 heavy (non-hydrogen) atoms. The molecule has 0 saturated heterocycles. The zero-order valence-corrected chi connectivity index (χ0v) is 11.7. The number of benzene rings is 1. The van der Waals surface area contributed by atoms with Crippen LogP contribution in [0.15, 0.2) is 24.3 Å². The molecule has 0 aromatic heterocycles. The van der Waals surface area contributed by atoms with Crippen molar-refractivity contribution in [1.29, 1.82) is 0 Å². The van der Waals surface area contributed by atoms with Gasteiger partial charge in [0.25, 0.3) is 5.69 Å². The quantitative estimate of drug-likeness (QED) is 0.470. The molecule has 1 saturated carbocycles. The van der Waals surface area contributed by atoms with Gasteiger partial charge < -0.3 is 4.74 Å². The zero-order chi connectivity index (χ0) is 14.7. The van der Waals surface area contributed by atoms with Gasteiger partial charge in [-0.2, -0.15) is 0 Å². The summed E-state index contributed by atoms with van der Waals surface area (Å²) in [4.78, 5) is 21.8. The maximum atomic E-state index is 11.6. The fourth-order valence-electron chi connectivity index (χ4n) is 2.68. The van der Waals surface area contributed by atoms with Crippen molar-refractivity contribution >= 4 is 11.7 Å².